The fourth-order valence-corrected chi connectivity index (χ4v) is 1.61. The van der Waals surface area contributed by atoms with E-state index < -0.39 is 40.6 Å². The Hall–Kier alpha value is -1.70. The first kappa shape index (κ1) is 16.4. The van der Waals surface area contributed by atoms with E-state index >= 15 is 0 Å². The normalized spacial score (nSPS) is 12.4. The SMILES string of the molecule is CC(CN)CN(C)C(=O)c1c(F)c(F)c(F)c(F)c1F. The summed E-state index contributed by atoms with van der Waals surface area (Å²) < 4.78 is 65.7. The topological polar surface area (TPSA) is 46.3 Å². The molecule has 1 aromatic carbocycles. The number of carbonyl (C=O) groups is 1. The van der Waals surface area contributed by atoms with Gasteiger partial charge in [0.2, 0.25) is 5.82 Å². The van der Waals surface area contributed by atoms with Crippen molar-refractivity contribution in [3.05, 3.63) is 34.6 Å². The van der Waals surface area contributed by atoms with Crippen LogP contribution in [0.15, 0.2) is 0 Å². The van der Waals surface area contributed by atoms with E-state index in [0.717, 1.165) is 4.90 Å². The molecule has 8 heteroatoms. The van der Waals surface area contributed by atoms with Gasteiger partial charge >= 0.3 is 0 Å². The van der Waals surface area contributed by atoms with E-state index in [-0.39, 0.29) is 19.0 Å². The minimum atomic E-state index is -2.30. The molecule has 2 N–H and O–H groups in total. The van der Waals surface area contributed by atoms with Crippen LogP contribution in [0.3, 0.4) is 0 Å². The number of carbonyl (C=O) groups excluding carboxylic acids is 1. The van der Waals surface area contributed by atoms with Gasteiger partial charge in [0.1, 0.15) is 5.56 Å². The molecule has 0 bridgehead atoms. The Morgan fingerprint density at radius 1 is 1.05 bits per heavy atom. The molecular formula is C12H13F5N2O. The highest BCUT2D eigenvalue weighted by Crippen LogP contribution is 2.24. The molecule has 1 atom stereocenters. The molecular weight excluding hydrogens is 283 g/mol. The van der Waals surface area contributed by atoms with Gasteiger partial charge in [0, 0.05) is 13.6 Å². The van der Waals surface area contributed by atoms with Crippen molar-refractivity contribution in [2.75, 3.05) is 20.1 Å². The second kappa shape index (κ2) is 6.17. The Kier molecular flexibility index (Phi) is 5.04. The van der Waals surface area contributed by atoms with Crippen molar-refractivity contribution in [2.24, 2.45) is 11.7 Å². The highest BCUT2D eigenvalue weighted by Gasteiger charge is 2.31. The quantitative estimate of drug-likeness (QED) is 0.525. The second-order valence-electron chi connectivity index (χ2n) is 4.47. The van der Waals surface area contributed by atoms with Gasteiger partial charge in [-0.2, -0.15) is 0 Å². The van der Waals surface area contributed by atoms with E-state index in [9.17, 15) is 26.7 Å². The molecule has 0 aliphatic rings. The molecule has 0 radical (unpaired) electrons. The standard InChI is InChI=1S/C12H13F5N2O/c1-5(3-18)4-19(2)12(20)6-7(13)9(15)11(17)10(16)8(6)14/h5H,3-4,18H2,1-2H3. The van der Waals surface area contributed by atoms with Crippen molar-refractivity contribution in [3.8, 4) is 0 Å². The zero-order valence-electron chi connectivity index (χ0n) is 10.8. The number of hydrogen-bond acceptors (Lipinski definition) is 2. The number of nitrogens with two attached hydrogens (primary N) is 1. The maximum absolute atomic E-state index is 13.4. The van der Waals surface area contributed by atoms with Crippen LogP contribution in [0, 0.1) is 35.0 Å². The van der Waals surface area contributed by atoms with Gasteiger partial charge in [-0.3, -0.25) is 4.79 Å². The zero-order valence-corrected chi connectivity index (χ0v) is 10.8. The number of benzene rings is 1. The largest absolute Gasteiger partial charge is 0.341 e. The van der Waals surface area contributed by atoms with E-state index in [2.05, 4.69) is 0 Å². The Bertz CT molecular complexity index is 506. The lowest BCUT2D eigenvalue weighted by Gasteiger charge is -2.21. The summed E-state index contributed by atoms with van der Waals surface area (Å²) in [6.45, 7) is 1.89. The Morgan fingerprint density at radius 3 is 1.85 bits per heavy atom. The molecule has 1 amide bonds. The summed E-state index contributed by atoms with van der Waals surface area (Å²) in [6, 6.07) is 0. The van der Waals surface area contributed by atoms with Crippen LogP contribution in [0.25, 0.3) is 0 Å². The summed E-state index contributed by atoms with van der Waals surface area (Å²) in [5.41, 5.74) is 3.87. The molecule has 112 valence electrons. The summed E-state index contributed by atoms with van der Waals surface area (Å²) in [4.78, 5) is 12.7. The summed E-state index contributed by atoms with van der Waals surface area (Å²) in [5, 5.41) is 0. The van der Waals surface area contributed by atoms with Crippen LogP contribution < -0.4 is 5.73 Å². The number of amides is 1. The van der Waals surface area contributed by atoms with Crippen LogP contribution in [0.1, 0.15) is 17.3 Å². The Balaban J connectivity index is 3.23. The third-order valence-electron chi connectivity index (χ3n) is 2.76. The average molecular weight is 296 g/mol. The monoisotopic (exact) mass is 296 g/mol. The maximum Gasteiger partial charge on any atom is 0.259 e. The van der Waals surface area contributed by atoms with Gasteiger partial charge in [0.05, 0.1) is 0 Å². The Labute approximate surface area is 112 Å². The maximum atomic E-state index is 13.4. The summed E-state index contributed by atoms with van der Waals surface area (Å²) in [7, 11) is 1.19. The number of nitrogens with zero attached hydrogens (tertiary/aromatic N) is 1. The van der Waals surface area contributed by atoms with Gasteiger partial charge in [-0.25, -0.2) is 22.0 Å². The van der Waals surface area contributed by atoms with Crippen molar-refractivity contribution in [1.29, 1.82) is 0 Å². The van der Waals surface area contributed by atoms with Crippen molar-refractivity contribution < 1.29 is 26.7 Å². The first-order valence-electron chi connectivity index (χ1n) is 5.69. The lowest BCUT2D eigenvalue weighted by Crippen LogP contribution is -2.35. The third kappa shape index (κ3) is 2.90. The highest BCUT2D eigenvalue weighted by molar-refractivity contribution is 5.94. The predicted octanol–water partition coefficient (Wildman–Crippen LogP) is 2.05. The summed E-state index contributed by atoms with van der Waals surface area (Å²) >= 11 is 0. The first-order valence-corrected chi connectivity index (χ1v) is 5.69. The molecule has 20 heavy (non-hydrogen) atoms. The van der Waals surface area contributed by atoms with E-state index in [1.54, 1.807) is 6.92 Å². The molecule has 0 aliphatic heterocycles. The zero-order chi connectivity index (χ0) is 15.6. The van der Waals surface area contributed by atoms with Gasteiger partial charge in [-0.15, -0.1) is 0 Å². The van der Waals surface area contributed by atoms with Gasteiger partial charge in [0.25, 0.3) is 5.91 Å². The molecule has 0 saturated heterocycles. The Morgan fingerprint density at radius 2 is 1.45 bits per heavy atom. The van der Waals surface area contributed by atoms with Gasteiger partial charge in [-0.05, 0) is 12.5 Å². The molecule has 1 unspecified atom stereocenters. The van der Waals surface area contributed by atoms with Crippen molar-refractivity contribution >= 4 is 5.91 Å². The first-order chi connectivity index (χ1) is 9.22. The van der Waals surface area contributed by atoms with Crippen LogP contribution in [-0.4, -0.2) is 30.9 Å². The second-order valence-corrected chi connectivity index (χ2v) is 4.47. The number of hydrogen-bond donors (Lipinski definition) is 1. The molecule has 3 nitrogen and oxygen atoms in total. The van der Waals surface area contributed by atoms with Crippen molar-refractivity contribution in [3.63, 3.8) is 0 Å². The fraction of sp³-hybridized carbons (Fsp3) is 0.417. The van der Waals surface area contributed by atoms with E-state index in [0.29, 0.717) is 0 Å². The lowest BCUT2D eigenvalue weighted by atomic mass is 10.1. The van der Waals surface area contributed by atoms with Gasteiger partial charge < -0.3 is 10.6 Å². The van der Waals surface area contributed by atoms with E-state index in [1.807, 2.05) is 0 Å². The average Bonchev–Trinajstić information content (AvgIpc) is 2.42. The molecule has 0 spiro atoms. The molecule has 0 aromatic heterocycles. The highest BCUT2D eigenvalue weighted by atomic mass is 19.2. The predicted molar refractivity (Wildman–Crippen MR) is 61.4 cm³/mol. The number of rotatable bonds is 4. The minimum absolute atomic E-state index is 0.0226. The number of halogens is 5. The fourth-order valence-electron chi connectivity index (χ4n) is 1.61. The molecule has 1 aromatic rings. The minimum Gasteiger partial charge on any atom is -0.341 e. The van der Waals surface area contributed by atoms with Crippen LogP contribution in [0.5, 0.6) is 0 Å². The van der Waals surface area contributed by atoms with E-state index in [4.69, 9.17) is 5.73 Å². The van der Waals surface area contributed by atoms with Crippen LogP contribution in [0.4, 0.5) is 22.0 Å². The third-order valence-corrected chi connectivity index (χ3v) is 2.76. The summed E-state index contributed by atoms with van der Waals surface area (Å²) in [5.74, 6) is -12.4. The molecule has 0 heterocycles. The molecule has 0 saturated carbocycles. The van der Waals surface area contributed by atoms with E-state index in [1.165, 1.54) is 7.05 Å². The van der Waals surface area contributed by atoms with Crippen molar-refractivity contribution in [2.45, 2.75) is 6.92 Å². The molecule has 0 fully saturated rings. The molecule has 0 aliphatic carbocycles. The van der Waals surface area contributed by atoms with Crippen LogP contribution in [-0.2, 0) is 0 Å². The van der Waals surface area contributed by atoms with Crippen LogP contribution >= 0.6 is 0 Å². The smallest absolute Gasteiger partial charge is 0.259 e. The van der Waals surface area contributed by atoms with Gasteiger partial charge in [0.15, 0.2) is 23.3 Å². The summed E-state index contributed by atoms with van der Waals surface area (Å²) in [6.07, 6.45) is 0. The lowest BCUT2D eigenvalue weighted by molar-refractivity contribution is 0.0764. The van der Waals surface area contributed by atoms with Crippen molar-refractivity contribution in [1.82, 2.24) is 4.90 Å². The van der Waals surface area contributed by atoms with Gasteiger partial charge in [-0.1, -0.05) is 6.92 Å². The molecule has 1 rings (SSSR count). The van der Waals surface area contributed by atoms with Crippen LogP contribution in [0.2, 0.25) is 0 Å².